The fraction of sp³-hybridized carbons (Fsp3) is 0.268. The van der Waals surface area contributed by atoms with E-state index in [0.29, 0.717) is 0 Å². The highest BCUT2D eigenvalue weighted by Gasteiger charge is 2.60. The number of rotatable bonds is 6. The Bertz CT molecular complexity index is 4300. The van der Waals surface area contributed by atoms with Gasteiger partial charge in [-0.2, -0.15) is 0 Å². The van der Waals surface area contributed by atoms with E-state index < -0.39 is 5.54 Å². The van der Waals surface area contributed by atoms with Gasteiger partial charge >= 0.3 is 0 Å². The highest BCUT2D eigenvalue weighted by molar-refractivity contribution is 7.00. The lowest BCUT2D eigenvalue weighted by molar-refractivity contribution is 0.245. The maximum Gasteiger partial charge on any atom is 0.252 e. The third kappa shape index (κ3) is 8.66. The van der Waals surface area contributed by atoms with Crippen LogP contribution in [0.5, 0.6) is 0 Å². The van der Waals surface area contributed by atoms with E-state index in [0.717, 1.165) is 24.2 Å². The molecule has 2 atom stereocenters. The van der Waals surface area contributed by atoms with Gasteiger partial charge in [-0.1, -0.05) is 254 Å². The van der Waals surface area contributed by atoms with Crippen molar-refractivity contribution < 1.29 is 0 Å². The van der Waals surface area contributed by atoms with Crippen LogP contribution in [0.25, 0.3) is 33.4 Å². The molecule has 4 heteroatoms. The van der Waals surface area contributed by atoms with Crippen molar-refractivity contribution in [3.63, 3.8) is 0 Å². The molecule has 0 fully saturated rings. The summed E-state index contributed by atoms with van der Waals surface area (Å²) in [5.74, 6) is 0. The SMILES string of the molecule is CC(C)(C)c1ccc2c(c1)B1c3cc(-c4ccccc4)ccc3N(c3ccc(C(C)(C)C)cc3-c3ccccc3)c3cc(N4c5ccc(C(C)(C)C)cc5C5(C)CCc6ccccc6C45C)cc(c31)N2c1ccc(C(C)(C)C)cc1-c1ccccc1. The van der Waals surface area contributed by atoms with E-state index in [1.54, 1.807) is 0 Å². The fourth-order valence-electron chi connectivity index (χ4n) is 15.2. The third-order valence-corrected chi connectivity index (χ3v) is 20.3. The lowest BCUT2D eigenvalue weighted by atomic mass is 9.33. The van der Waals surface area contributed by atoms with E-state index in [9.17, 15) is 0 Å². The number of anilines is 8. The maximum atomic E-state index is 2.81. The van der Waals surface area contributed by atoms with E-state index in [4.69, 9.17) is 0 Å². The molecule has 0 bridgehead atoms. The van der Waals surface area contributed by atoms with Gasteiger partial charge in [-0.15, -0.1) is 0 Å². The van der Waals surface area contributed by atoms with Crippen molar-refractivity contribution in [2.45, 2.75) is 142 Å². The minimum Gasteiger partial charge on any atom is -0.330 e. The summed E-state index contributed by atoms with van der Waals surface area (Å²) in [4.78, 5) is 8.19. The zero-order valence-corrected chi connectivity index (χ0v) is 53.1. The molecule has 10 aromatic carbocycles. The molecule has 0 saturated heterocycles. The van der Waals surface area contributed by atoms with Crippen LogP contribution in [0.3, 0.4) is 0 Å². The first-order valence-electron chi connectivity index (χ1n) is 31.5. The van der Waals surface area contributed by atoms with Crippen LogP contribution < -0.4 is 31.1 Å². The van der Waals surface area contributed by atoms with Crippen molar-refractivity contribution in [2.24, 2.45) is 0 Å². The summed E-state index contributed by atoms with van der Waals surface area (Å²) >= 11 is 0. The van der Waals surface area contributed by atoms with E-state index in [1.807, 2.05) is 0 Å². The normalized spacial score (nSPS) is 17.8. The van der Waals surface area contributed by atoms with E-state index in [2.05, 4.69) is 330 Å². The lowest BCUT2D eigenvalue weighted by Crippen LogP contribution is -2.61. The highest BCUT2D eigenvalue weighted by atomic mass is 15.3. The molecule has 4 aliphatic rings. The Hall–Kier alpha value is -8.34. The first kappa shape index (κ1) is 55.5. The number of hydrogen-bond acceptors (Lipinski definition) is 3. The van der Waals surface area contributed by atoms with E-state index >= 15 is 0 Å². The molecule has 428 valence electrons. The number of aryl methyl sites for hydroxylation is 1. The molecule has 0 radical (unpaired) electrons. The van der Waals surface area contributed by atoms with Crippen LogP contribution in [-0.4, -0.2) is 6.71 Å². The second kappa shape index (κ2) is 19.6. The summed E-state index contributed by atoms with van der Waals surface area (Å²) in [6.07, 6.45) is 2.07. The Morgan fingerprint density at radius 1 is 0.349 bits per heavy atom. The Labute approximate surface area is 513 Å². The quantitative estimate of drug-likeness (QED) is 0.154. The molecule has 0 N–H and O–H groups in total. The van der Waals surface area contributed by atoms with Gasteiger partial charge < -0.3 is 14.7 Å². The van der Waals surface area contributed by atoms with Crippen LogP contribution in [0.4, 0.5) is 45.5 Å². The third-order valence-electron chi connectivity index (χ3n) is 20.3. The second-order valence-electron chi connectivity index (χ2n) is 29.7. The molecule has 0 spiro atoms. The smallest absolute Gasteiger partial charge is 0.252 e. The van der Waals surface area contributed by atoms with Gasteiger partial charge in [-0.3, -0.25) is 0 Å². The van der Waals surface area contributed by atoms with Gasteiger partial charge in [0.25, 0.3) is 6.71 Å². The monoisotopic (exact) mass is 1120 g/mol. The molecule has 0 saturated carbocycles. The van der Waals surface area contributed by atoms with Crippen molar-refractivity contribution >= 4 is 68.6 Å². The van der Waals surface area contributed by atoms with Gasteiger partial charge in [-0.05, 0) is 174 Å². The largest absolute Gasteiger partial charge is 0.330 e. The number of fused-ring (bicyclic) bond motifs is 9. The molecule has 10 aromatic rings. The minimum absolute atomic E-state index is 0.0280. The predicted molar refractivity (Wildman–Crippen MR) is 370 cm³/mol. The topological polar surface area (TPSA) is 9.72 Å². The van der Waals surface area contributed by atoms with Crippen molar-refractivity contribution in [1.82, 2.24) is 0 Å². The predicted octanol–water partition coefficient (Wildman–Crippen LogP) is 20.2. The summed E-state index contributed by atoms with van der Waals surface area (Å²) in [7, 11) is 0. The first-order chi connectivity index (χ1) is 40.9. The first-order valence-corrected chi connectivity index (χ1v) is 31.5. The average Bonchev–Trinajstić information content (AvgIpc) is 1.47. The molecule has 0 amide bonds. The molecule has 1 aliphatic carbocycles. The fourth-order valence-corrected chi connectivity index (χ4v) is 15.2. The van der Waals surface area contributed by atoms with E-state index in [1.165, 1.54) is 123 Å². The standard InChI is InChI=1S/C82H82BN3/c1-77(2,3)58-35-40-69(63(47-58)54-28-20-16-21-29-54)84-72-39-34-57(53-26-18-15-19-27-53)46-67(72)83-68-50-61(80(10,11)12)38-43-73(68)85(70-41-36-59(78(4,5)6)48-64(70)55-30-22-17-23-31-55)75-52-62(51-74(84)76(75)83)86-71-42-37-60(79(7,8)9)49-66(71)81(13)45-44-56-32-24-25-33-65(56)82(81,86)14/h15-43,46-52H,44-45H2,1-14H3. The number of benzene rings is 10. The van der Waals surface area contributed by atoms with Crippen LogP contribution in [0, 0.1) is 0 Å². The maximum absolute atomic E-state index is 2.81. The Balaban J connectivity index is 1.17. The molecular weight excluding hydrogens is 1040 g/mol. The van der Waals surface area contributed by atoms with Gasteiger partial charge in [0.1, 0.15) is 0 Å². The van der Waals surface area contributed by atoms with Crippen molar-refractivity contribution in [3.05, 3.63) is 257 Å². The van der Waals surface area contributed by atoms with Gasteiger partial charge in [0.05, 0.1) is 16.9 Å². The summed E-state index contributed by atoms with van der Waals surface area (Å²) in [5, 5.41) is 0. The minimum atomic E-state index is -0.463. The van der Waals surface area contributed by atoms with Crippen LogP contribution in [0.1, 0.15) is 142 Å². The second-order valence-corrected chi connectivity index (χ2v) is 29.7. The van der Waals surface area contributed by atoms with Crippen molar-refractivity contribution in [1.29, 1.82) is 0 Å². The molecule has 3 nitrogen and oxygen atoms in total. The zero-order chi connectivity index (χ0) is 60.0. The molecule has 3 heterocycles. The summed E-state index contributed by atoms with van der Waals surface area (Å²) in [6, 6.07) is 84.9. The molecule has 3 aliphatic heterocycles. The van der Waals surface area contributed by atoms with Gasteiger partial charge in [0.2, 0.25) is 0 Å². The van der Waals surface area contributed by atoms with Crippen LogP contribution in [0.2, 0.25) is 0 Å². The average molecular weight is 1120 g/mol. The summed E-state index contributed by atoms with van der Waals surface area (Å²) in [6.45, 7) is 33.3. The van der Waals surface area contributed by atoms with Crippen LogP contribution >= 0.6 is 0 Å². The van der Waals surface area contributed by atoms with Crippen molar-refractivity contribution in [3.8, 4) is 33.4 Å². The van der Waals surface area contributed by atoms with Crippen molar-refractivity contribution in [2.75, 3.05) is 14.7 Å². The Kier molecular flexibility index (Phi) is 12.7. The van der Waals surface area contributed by atoms with E-state index in [-0.39, 0.29) is 33.8 Å². The van der Waals surface area contributed by atoms with Crippen LogP contribution in [-0.2, 0) is 39.0 Å². The lowest BCUT2D eigenvalue weighted by Gasteiger charge is -2.52. The number of hydrogen-bond donors (Lipinski definition) is 0. The molecule has 14 rings (SSSR count). The summed E-state index contributed by atoms with van der Waals surface area (Å²) in [5.41, 5.74) is 29.3. The molecule has 86 heavy (non-hydrogen) atoms. The van der Waals surface area contributed by atoms with Gasteiger partial charge in [0, 0.05) is 50.7 Å². The zero-order valence-electron chi connectivity index (χ0n) is 53.1. The van der Waals surface area contributed by atoms with Crippen LogP contribution in [0.15, 0.2) is 218 Å². The van der Waals surface area contributed by atoms with Gasteiger partial charge in [0.15, 0.2) is 0 Å². The molecule has 2 unspecified atom stereocenters. The summed E-state index contributed by atoms with van der Waals surface area (Å²) < 4.78 is 0. The Morgan fingerprint density at radius 2 is 0.767 bits per heavy atom. The highest BCUT2D eigenvalue weighted by Crippen LogP contribution is 2.65. The number of nitrogens with zero attached hydrogens (tertiary/aromatic N) is 3. The molecular formula is C82H82BN3. The van der Waals surface area contributed by atoms with Gasteiger partial charge in [-0.25, -0.2) is 0 Å². The molecule has 0 aromatic heterocycles. The Morgan fingerprint density at radius 3 is 1.28 bits per heavy atom.